The number of nitrogens with zero attached hydrogens (tertiary/aromatic N) is 1. The van der Waals surface area contributed by atoms with E-state index in [1.807, 2.05) is 0 Å². The zero-order valence-electron chi connectivity index (χ0n) is 11.9. The van der Waals surface area contributed by atoms with E-state index in [-0.39, 0.29) is 11.7 Å². The van der Waals surface area contributed by atoms with Crippen LogP contribution in [0.1, 0.15) is 45.4 Å². The maximum atomic E-state index is 6.41. The quantitative estimate of drug-likeness (QED) is 0.745. The number of rotatable bonds is 3. The average molecular weight is 288 g/mol. The van der Waals surface area contributed by atoms with Crippen LogP contribution in [-0.4, -0.2) is 54.3 Å². The fourth-order valence-electron chi connectivity index (χ4n) is 3.90. The summed E-state index contributed by atoms with van der Waals surface area (Å²) in [4.78, 5) is 2.51. The molecule has 1 aliphatic carbocycles. The molecule has 0 bridgehead atoms. The van der Waals surface area contributed by atoms with Crippen molar-refractivity contribution in [3.8, 4) is 0 Å². The second-order valence-electron chi connectivity index (χ2n) is 6.58. The highest BCUT2D eigenvalue weighted by Gasteiger charge is 2.43. The first kappa shape index (κ1) is 14.1. The molecule has 0 amide bonds. The molecule has 0 aromatic heterocycles. The lowest BCUT2D eigenvalue weighted by Crippen LogP contribution is -2.51. The van der Waals surface area contributed by atoms with Crippen molar-refractivity contribution < 1.29 is 9.47 Å². The van der Waals surface area contributed by atoms with Crippen LogP contribution in [0.4, 0.5) is 0 Å². The van der Waals surface area contributed by atoms with E-state index in [4.69, 9.17) is 21.1 Å². The first-order valence-corrected chi connectivity index (χ1v) is 8.34. The van der Waals surface area contributed by atoms with Gasteiger partial charge in [0, 0.05) is 25.0 Å². The summed E-state index contributed by atoms with van der Waals surface area (Å²) in [7, 11) is 0. The summed E-state index contributed by atoms with van der Waals surface area (Å²) in [6.07, 6.45) is 8.41. The summed E-state index contributed by atoms with van der Waals surface area (Å²) in [6, 6.07) is 0.489. The molecular weight excluding hydrogens is 262 g/mol. The Morgan fingerprint density at radius 3 is 2.74 bits per heavy atom. The van der Waals surface area contributed by atoms with Crippen LogP contribution in [-0.2, 0) is 9.47 Å². The highest BCUT2D eigenvalue weighted by atomic mass is 35.5. The van der Waals surface area contributed by atoms with Crippen molar-refractivity contribution in [2.45, 2.75) is 69.3 Å². The van der Waals surface area contributed by atoms with Gasteiger partial charge >= 0.3 is 0 Å². The number of hydrogen-bond acceptors (Lipinski definition) is 3. The Hall–Kier alpha value is 0.170. The molecule has 3 atom stereocenters. The van der Waals surface area contributed by atoms with Gasteiger partial charge in [0.1, 0.15) is 0 Å². The van der Waals surface area contributed by atoms with Crippen molar-refractivity contribution in [2.75, 3.05) is 25.6 Å². The summed E-state index contributed by atoms with van der Waals surface area (Å²) in [5.41, 5.74) is 0.256. The van der Waals surface area contributed by atoms with Crippen molar-refractivity contribution in [3.05, 3.63) is 0 Å². The molecule has 3 fully saturated rings. The minimum Gasteiger partial charge on any atom is -0.374 e. The molecule has 0 aromatic rings. The third-order valence-electron chi connectivity index (χ3n) is 5.10. The maximum absolute atomic E-state index is 6.41. The molecule has 3 aliphatic rings. The van der Waals surface area contributed by atoms with Gasteiger partial charge in [0.2, 0.25) is 0 Å². The Kier molecular flexibility index (Phi) is 4.37. The van der Waals surface area contributed by atoms with Crippen LogP contribution < -0.4 is 0 Å². The van der Waals surface area contributed by atoms with Gasteiger partial charge in [-0.3, -0.25) is 4.90 Å². The molecule has 0 N–H and O–H groups in total. The van der Waals surface area contributed by atoms with Crippen molar-refractivity contribution in [1.29, 1.82) is 0 Å². The summed E-state index contributed by atoms with van der Waals surface area (Å²) >= 11 is 5.93. The van der Waals surface area contributed by atoms with Crippen LogP contribution in [0.2, 0.25) is 0 Å². The largest absolute Gasteiger partial charge is 0.374 e. The summed E-state index contributed by atoms with van der Waals surface area (Å²) in [5.74, 6) is 0.596. The van der Waals surface area contributed by atoms with Crippen LogP contribution in [0, 0.1) is 0 Å². The zero-order valence-corrected chi connectivity index (χ0v) is 12.7. The van der Waals surface area contributed by atoms with Crippen LogP contribution in [0.5, 0.6) is 0 Å². The fraction of sp³-hybridized carbons (Fsp3) is 1.00. The Balaban J connectivity index is 1.53. The number of morpholine rings is 1. The van der Waals surface area contributed by atoms with Crippen LogP contribution in [0.25, 0.3) is 0 Å². The van der Waals surface area contributed by atoms with Gasteiger partial charge in [0.15, 0.2) is 0 Å². The third kappa shape index (κ3) is 3.10. The molecular formula is C15H26ClNO2. The van der Waals surface area contributed by atoms with Crippen molar-refractivity contribution in [2.24, 2.45) is 0 Å². The normalized spacial score (nSPS) is 39.2. The minimum absolute atomic E-state index is 0.194. The van der Waals surface area contributed by atoms with Crippen molar-refractivity contribution in [1.82, 2.24) is 4.90 Å². The van der Waals surface area contributed by atoms with E-state index < -0.39 is 0 Å². The molecule has 3 rings (SSSR count). The zero-order chi connectivity index (χ0) is 13.3. The van der Waals surface area contributed by atoms with Gasteiger partial charge in [0.05, 0.1) is 24.4 Å². The summed E-state index contributed by atoms with van der Waals surface area (Å²) in [5, 5.41) is 0. The fourth-order valence-corrected chi connectivity index (χ4v) is 4.08. The molecule has 2 aliphatic heterocycles. The van der Waals surface area contributed by atoms with E-state index in [0.29, 0.717) is 18.0 Å². The van der Waals surface area contributed by atoms with Crippen molar-refractivity contribution in [3.63, 3.8) is 0 Å². The number of hydrogen-bond donors (Lipinski definition) is 0. The van der Waals surface area contributed by atoms with E-state index in [9.17, 15) is 0 Å². The van der Waals surface area contributed by atoms with Crippen LogP contribution in [0.15, 0.2) is 0 Å². The maximum Gasteiger partial charge on any atom is 0.0837 e. The van der Waals surface area contributed by atoms with Gasteiger partial charge in [-0.15, -0.1) is 11.6 Å². The molecule has 1 spiro atoms. The number of alkyl halides is 1. The topological polar surface area (TPSA) is 21.7 Å². The second kappa shape index (κ2) is 5.88. The summed E-state index contributed by atoms with van der Waals surface area (Å²) in [6.45, 7) is 5.05. The van der Waals surface area contributed by atoms with E-state index >= 15 is 0 Å². The number of ether oxygens (including phenoxy) is 2. The number of halogens is 1. The van der Waals surface area contributed by atoms with Crippen LogP contribution >= 0.6 is 11.6 Å². The molecule has 4 heteroatoms. The first-order chi connectivity index (χ1) is 9.21. The van der Waals surface area contributed by atoms with E-state index in [1.165, 1.54) is 38.5 Å². The molecule has 0 radical (unpaired) electrons. The second-order valence-corrected chi connectivity index (χ2v) is 6.89. The molecule has 3 unspecified atom stereocenters. The van der Waals surface area contributed by atoms with Gasteiger partial charge in [-0.05, 0) is 32.6 Å². The van der Waals surface area contributed by atoms with E-state index in [0.717, 1.165) is 19.7 Å². The molecule has 2 heterocycles. The monoisotopic (exact) mass is 287 g/mol. The predicted molar refractivity (Wildman–Crippen MR) is 76.8 cm³/mol. The molecule has 0 aromatic carbocycles. The smallest absolute Gasteiger partial charge is 0.0837 e. The van der Waals surface area contributed by atoms with Crippen LogP contribution in [0.3, 0.4) is 0 Å². The molecule has 2 saturated heterocycles. The van der Waals surface area contributed by atoms with Gasteiger partial charge in [0.25, 0.3) is 0 Å². The van der Waals surface area contributed by atoms with E-state index in [1.54, 1.807) is 0 Å². The van der Waals surface area contributed by atoms with Gasteiger partial charge in [-0.2, -0.15) is 0 Å². The lowest BCUT2D eigenvalue weighted by molar-refractivity contribution is -0.0857. The van der Waals surface area contributed by atoms with E-state index in [2.05, 4.69) is 11.8 Å². The standard InChI is InChI=1S/C15H26ClNO2/c1-12-11-18-14(8-16)10-17(12)9-13-4-7-15(19-13)5-2-3-6-15/h12-14H,2-11H2,1H3. The Bertz CT molecular complexity index is 307. The van der Waals surface area contributed by atoms with Gasteiger partial charge in [-0.25, -0.2) is 0 Å². The average Bonchev–Trinajstić information content (AvgIpc) is 3.03. The highest BCUT2D eigenvalue weighted by molar-refractivity contribution is 6.18. The first-order valence-electron chi connectivity index (χ1n) is 7.80. The highest BCUT2D eigenvalue weighted by Crippen LogP contribution is 2.43. The Morgan fingerprint density at radius 2 is 2.00 bits per heavy atom. The predicted octanol–water partition coefficient (Wildman–Crippen LogP) is 2.81. The Labute approximate surface area is 121 Å². The van der Waals surface area contributed by atoms with Gasteiger partial charge in [-0.1, -0.05) is 12.8 Å². The molecule has 3 nitrogen and oxygen atoms in total. The lowest BCUT2D eigenvalue weighted by Gasteiger charge is -2.38. The van der Waals surface area contributed by atoms with Crippen molar-refractivity contribution >= 4 is 11.6 Å². The Morgan fingerprint density at radius 1 is 1.21 bits per heavy atom. The minimum atomic E-state index is 0.194. The molecule has 19 heavy (non-hydrogen) atoms. The summed E-state index contributed by atoms with van der Waals surface area (Å²) < 4.78 is 12.1. The SMILES string of the molecule is CC1COC(CCl)CN1CC1CCC2(CCCC2)O1. The molecule has 110 valence electrons. The van der Waals surface area contributed by atoms with Gasteiger partial charge < -0.3 is 9.47 Å². The lowest BCUT2D eigenvalue weighted by atomic mass is 9.98. The third-order valence-corrected chi connectivity index (χ3v) is 5.44. The molecule has 1 saturated carbocycles.